The van der Waals surface area contributed by atoms with Gasteiger partial charge in [-0.3, -0.25) is 0 Å². The number of rotatable bonds is 5. The van der Waals surface area contributed by atoms with Crippen LogP contribution < -0.4 is 5.32 Å². The number of halogens is 1. The smallest absolute Gasteiger partial charge is 0.0577 e. The predicted octanol–water partition coefficient (Wildman–Crippen LogP) is 4.44. The zero-order chi connectivity index (χ0) is 11.3. The average Bonchev–Trinajstić information content (AvgIpc) is 2.17. The van der Waals surface area contributed by atoms with Crippen molar-refractivity contribution in [1.82, 2.24) is 0 Å². The van der Waals surface area contributed by atoms with Crippen LogP contribution in [0.25, 0.3) is 0 Å². The molecule has 0 amide bonds. The number of hydrogen-bond donors (Lipinski definition) is 1. The van der Waals surface area contributed by atoms with Gasteiger partial charge in [0.15, 0.2) is 0 Å². The Hall–Kier alpha value is -0.690. The van der Waals surface area contributed by atoms with E-state index in [4.69, 9.17) is 11.6 Å². The third-order valence-electron chi connectivity index (χ3n) is 2.43. The molecule has 84 valence electrons. The lowest BCUT2D eigenvalue weighted by atomic mass is 10.1. The van der Waals surface area contributed by atoms with Gasteiger partial charge in [0.1, 0.15) is 0 Å². The van der Waals surface area contributed by atoms with E-state index in [1.165, 1.54) is 17.7 Å². The SMILES string of the molecule is CC(C)CCNc1ccccc1C(C)Cl. The van der Waals surface area contributed by atoms with Crippen molar-refractivity contribution in [2.24, 2.45) is 5.92 Å². The highest BCUT2D eigenvalue weighted by molar-refractivity contribution is 6.21. The fourth-order valence-corrected chi connectivity index (χ4v) is 1.69. The lowest BCUT2D eigenvalue weighted by Crippen LogP contribution is -2.06. The van der Waals surface area contributed by atoms with Crippen molar-refractivity contribution in [1.29, 1.82) is 0 Å². The van der Waals surface area contributed by atoms with Crippen molar-refractivity contribution in [2.75, 3.05) is 11.9 Å². The molecule has 15 heavy (non-hydrogen) atoms. The normalized spacial score (nSPS) is 12.9. The number of nitrogens with one attached hydrogen (secondary N) is 1. The predicted molar refractivity (Wildman–Crippen MR) is 68.7 cm³/mol. The zero-order valence-corrected chi connectivity index (χ0v) is 10.5. The van der Waals surface area contributed by atoms with Gasteiger partial charge in [0.05, 0.1) is 5.38 Å². The standard InChI is InChI=1S/C13H20ClN/c1-10(2)8-9-15-13-7-5-4-6-12(13)11(3)14/h4-7,10-11,15H,8-9H2,1-3H3. The van der Waals surface area contributed by atoms with Gasteiger partial charge in [0, 0.05) is 12.2 Å². The topological polar surface area (TPSA) is 12.0 Å². The Morgan fingerprint density at radius 3 is 2.47 bits per heavy atom. The van der Waals surface area contributed by atoms with Crippen LogP contribution in [-0.4, -0.2) is 6.54 Å². The summed E-state index contributed by atoms with van der Waals surface area (Å²) in [5.74, 6) is 0.734. The second-order valence-corrected chi connectivity index (χ2v) is 4.97. The van der Waals surface area contributed by atoms with Gasteiger partial charge in [0.25, 0.3) is 0 Å². The molecule has 0 saturated heterocycles. The molecule has 1 aromatic carbocycles. The molecule has 1 rings (SSSR count). The van der Waals surface area contributed by atoms with Gasteiger partial charge in [-0.2, -0.15) is 0 Å². The molecule has 0 heterocycles. The van der Waals surface area contributed by atoms with E-state index >= 15 is 0 Å². The molecule has 0 saturated carbocycles. The largest absolute Gasteiger partial charge is 0.385 e. The van der Waals surface area contributed by atoms with Crippen LogP contribution >= 0.6 is 11.6 Å². The summed E-state index contributed by atoms with van der Waals surface area (Å²) in [6.07, 6.45) is 1.19. The lowest BCUT2D eigenvalue weighted by Gasteiger charge is -2.14. The van der Waals surface area contributed by atoms with Crippen LogP contribution in [0, 0.1) is 5.92 Å². The average molecular weight is 226 g/mol. The molecule has 1 nitrogen and oxygen atoms in total. The van der Waals surface area contributed by atoms with Crippen molar-refractivity contribution in [2.45, 2.75) is 32.6 Å². The molecule has 0 bridgehead atoms. The van der Waals surface area contributed by atoms with E-state index < -0.39 is 0 Å². The number of hydrogen-bond acceptors (Lipinski definition) is 1. The van der Waals surface area contributed by atoms with E-state index in [1.807, 2.05) is 19.1 Å². The van der Waals surface area contributed by atoms with Crippen LogP contribution in [0.1, 0.15) is 38.1 Å². The molecule has 1 aromatic rings. The molecule has 0 radical (unpaired) electrons. The Morgan fingerprint density at radius 1 is 1.20 bits per heavy atom. The quantitative estimate of drug-likeness (QED) is 0.731. The van der Waals surface area contributed by atoms with Crippen molar-refractivity contribution >= 4 is 17.3 Å². The highest BCUT2D eigenvalue weighted by Gasteiger charge is 2.06. The van der Waals surface area contributed by atoms with Gasteiger partial charge < -0.3 is 5.32 Å². The second-order valence-electron chi connectivity index (χ2n) is 4.31. The minimum atomic E-state index is 0.0627. The van der Waals surface area contributed by atoms with Gasteiger partial charge in [-0.25, -0.2) is 0 Å². The lowest BCUT2D eigenvalue weighted by molar-refractivity contribution is 0.607. The summed E-state index contributed by atoms with van der Waals surface area (Å²) in [6.45, 7) is 7.48. The number of anilines is 1. The second kappa shape index (κ2) is 6.02. The summed E-state index contributed by atoms with van der Waals surface area (Å²) in [6, 6.07) is 8.24. The first kappa shape index (κ1) is 12.4. The van der Waals surface area contributed by atoms with Crippen molar-refractivity contribution in [3.05, 3.63) is 29.8 Å². The molecule has 0 aliphatic carbocycles. The maximum absolute atomic E-state index is 6.11. The van der Waals surface area contributed by atoms with Gasteiger partial charge in [0.2, 0.25) is 0 Å². The molecule has 1 atom stereocenters. The molecule has 0 aromatic heterocycles. The van der Waals surface area contributed by atoms with Crippen LogP contribution in [0.4, 0.5) is 5.69 Å². The Morgan fingerprint density at radius 2 is 1.87 bits per heavy atom. The molecule has 0 aliphatic rings. The van der Waals surface area contributed by atoms with Crippen LogP contribution in [-0.2, 0) is 0 Å². The number of para-hydroxylation sites is 1. The summed E-state index contributed by atoms with van der Waals surface area (Å²) in [5, 5.41) is 3.50. The molecule has 0 aliphatic heterocycles. The van der Waals surface area contributed by atoms with Gasteiger partial charge >= 0.3 is 0 Å². The minimum Gasteiger partial charge on any atom is -0.385 e. The zero-order valence-electron chi connectivity index (χ0n) is 9.76. The molecule has 1 N–H and O–H groups in total. The third kappa shape index (κ3) is 4.13. The molecule has 2 heteroatoms. The Balaban J connectivity index is 2.59. The van der Waals surface area contributed by atoms with Crippen molar-refractivity contribution < 1.29 is 0 Å². The Kier molecular flexibility index (Phi) is 4.97. The molecule has 1 unspecified atom stereocenters. The summed E-state index contributed by atoms with van der Waals surface area (Å²) in [5.41, 5.74) is 2.35. The third-order valence-corrected chi connectivity index (χ3v) is 2.66. The number of alkyl halides is 1. The van der Waals surface area contributed by atoms with Crippen LogP contribution in [0.5, 0.6) is 0 Å². The Bertz CT molecular complexity index is 294. The van der Waals surface area contributed by atoms with Crippen molar-refractivity contribution in [3.8, 4) is 0 Å². The van der Waals surface area contributed by atoms with E-state index in [0.717, 1.165) is 12.5 Å². The first-order valence-electron chi connectivity index (χ1n) is 5.58. The van der Waals surface area contributed by atoms with Crippen LogP contribution in [0.3, 0.4) is 0 Å². The van der Waals surface area contributed by atoms with E-state index in [9.17, 15) is 0 Å². The summed E-state index contributed by atoms with van der Waals surface area (Å²) < 4.78 is 0. The van der Waals surface area contributed by atoms with E-state index in [-0.39, 0.29) is 5.38 Å². The summed E-state index contributed by atoms with van der Waals surface area (Å²) in [7, 11) is 0. The molecule has 0 spiro atoms. The molecular weight excluding hydrogens is 206 g/mol. The van der Waals surface area contributed by atoms with Crippen LogP contribution in [0.2, 0.25) is 0 Å². The monoisotopic (exact) mass is 225 g/mol. The van der Waals surface area contributed by atoms with Gasteiger partial charge in [-0.1, -0.05) is 32.0 Å². The summed E-state index contributed by atoms with van der Waals surface area (Å²) >= 11 is 6.11. The van der Waals surface area contributed by atoms with Crippen LogP contribution in [0.15, 0.2) is 24.3 Å². The molecular formula is C13H20ClN. The van der Waals surface area contributed by atoms with Gasteiger partial charge in [-0.05, 0) is 30.9 Å². The van der Waals surface area contributed by atoms with E-state index in [1.54, 1.807) is 0 Å². The number of benzene rings is 1. The highest BCUT2D eigenvalue weighted by atomic mass is 35.5. The maximum atomic E-state index is 6.11. The van der Waals surface area contributed by atoms with E-state index in [0.29, 0.717) is 0 Å². The fourth-order valence-electron chi connectivity index (χ4n) is 1.50. The minimum absolute atomic E-state index is 0.0627. The van der Waals surface area contributed by atoms with Gasteiger partial charge in [-0.15, -0.1) is 11.6 Å². The first-order chi connectivity index (χ1) is 7.11. The summed E-state index contributed by atoms with van der Waals surface area (Å²) in [4.78, 5) is 0. The Labute approximate surface area is 97.8 Å². The first-order valence-corrected chi connectivity index (χ1v) is 6.01. The fraction of sp³-hybridized carbons (Fsp3) is 0.538. The highest BCUT2D eigenvalue weighted by Crippen LogP contribution is 2.26. The molecule has 0 fully saturated rings. The van der Waals surface area contributed by atoms with E-state index in [2.05, 4.69) is 31.3 Å². The van der Waals surface area contributed by atoms with Crippen molar-refractivity contribution in [3.63, 3.8) is 0 Å². The maximum Gasteiger partial charge on any atom is 0.0577 e.